The smallest absolute Gasteiger partial charge is 0.409 e. The summed E-state index contributed by atoms with van der Waals surface area (Å²) < 4.78 is 5.73. The third-order valence-electron chi connectivity index (χ3n) is 3.63. The summed E-state index contributed by atoms with van der Waals surface area (Å²) in [6.45, 7) is 2.64. The van der Waals surface area contributed by atoms with Crippen LogP contribution >= 0.6 is 15.9 Å². The summed E-state index contributed by atoms with van der Waals surface area (Å²) in [7, 11) is 1.36. The van der Waals surface area contributed by atoms with Gasteiger partial charge in [0.15, 0.2) is 0 Å². The van der Waals surface area contributed by atoms with Gasteiger partial charge in [0.25, 0.3) is 0 Å². The first-order chi connectivity index (χ1) is 10.6. The Labute approximate surface area is 138 Å². The molecule has 1 heterocycles. The van der Waals surface area contributed by atoms with Crippen LogP contribution in [0.5, 0.6) is 0 Å². The minimum absolute atomic E-state index is 0.0865. The molecule has 0 aliphatic carbocycles. The van der Waals surface area contributed by atoms with E-state index in [1.165, 1.54) is 12.7 Å². The van der Waals surface area contributed by atoms with Gasteiger partial charge in [0.05, 0.1) is 7.11 Å². The molecule has 1 aliphatic heterocycles. The molecular formula is C15H20BrN3O3. The predicted molar refractivity (Wildman–Crippen MR) is 86.8 cm³/mol. The van der Waals surface area contributed by atoms with E-state index in [1.54, 1.807) is 9.80 Å². The fourth-order valence-electron chi connectivity index (χ4n) is 2.34. The number of ether oxygens (including phenoxy) is 1. The molecule has 3 amide bonds. The van der Waals surface area contributed by atoms with Crippen LogP contribution in [0.15, 0.2) is 28.7 Å². The summed E-state index contributed by atoms with van der Waals surface area (Å²) in [5.41, 5.74) is 1.17. The van der Waals surface area contributed by atoms with Crippen LogP contribution in [0.25, 0.3) is 0 Å². The van der Waals surface area contributed by atoms with Gasteiger partial charge in [-0.25, -0.2) is 9.59 Å². The monoisotopic (exact) mass is 369 g/mol. The summed E-state index contributed by atoms with van der Waals surface area (Å²) in [6.07, 6.45) is 0.434. The molecule has 0 spiro atoms. The molecule has 0 atom stereocenters. The normalized spacial score (nSPS) is 14.6. The molecule has 7 heteroatoms. The average molecular weight is 370 g/mol. The molecule has 1 aromatic rings. The Balaban J connectivity index is 1.72. The van der Waals surface area contributed by atoms with Gasteiger partial charge in [-0.2, -0.15) is 0 Å². The standard InChI is InChI=1S/C15H20BrN3O3/c1-22-15(21)19-10-8-18(9-11-19)14(20)17-7-6-12-4-2-3-5-13(12)16/h2-5H,6-11H2,1H3,(H,17,20). The lowest BCUT2D eigenvalue weighted by Crippen LogP contribution is -2.53. The van der Waals surface area contributed by atoms with Gasteiger partial charge in [0.1, 0.15) is 0 Å². The molecule has 1 aliphatic rings. The van der Waals surface area contributed by atoms with Crippen LogP contribution < -0.4 is 5.32 Å². The molecular weight excluding hydrogens is 350 g/mol. The molecule has 0 saturated carbocycles. The Morgan fingerprint density at radius 1 is 1.18 bits per heavy atom. The van der Waals surface area contributed by atoms with Gasteiger partial charge in [-0.05, 0) is 18.1 Å². The van der Waals surface area contributed by atoms with E-state index in [1.807, 2.05) is 24.3 Å². The van der Waals surface area contributed by atoms with Crippen LogP contribution in [0.3, 0.4) is 0 Å². The predicted octanol–water partition coefficient (Wildman–Crippen LogP) is 2.09. The van der Waals surface area contributed by atoms with Gasteiger partial charge in [-0.1, -0.05) is 34.1 Å². The summed E-state index contributed by atoms with van der Waals surface area (Å²) in [5.74, 6) is 0. The van der Waals surface area contributed by atoms with Gasteiger partial charge >= 0.3 is 12.1 Å². The zero-order valence-electron chi connectivity index (χ0n) is 12.5. The van der Waals surface area contributed by atoms with Gasteiger partial charge in [0.2, 0.25) is 0 Å². The Morgan fingerprint density at radius 2 is 1.82 bits per heavy atom. The highest BCUT2D eigenvalue weighted by molar-refractivity contribution is 9.10. The highest BCUT2D eigenvalue weighted by Crippen LogP contribution is 2.15. The number of nitrogens with zero attached hydrogens (tertiary/aromatic N) is 2. The average Bonchev–Trinajstić information content (AvgIpc) is 2.56. The number of piperazine rings is 1. The van der Waals surface area contributed by atoms with Gasteiger partial charge in [-0.15, -0.1) is 0 Å². The number of nitrogens with one attached hydrogen (secondary N) is 1. The van der Waals surface area contributed by atoms with Crippen molar-refractivity contribution in [2.24, 2.45) is 0 Å². The highest BCUT2D eigenvalue weighted by atomic mass is 79.9. The number of carbonyl (C=O) groups is 2. The van der Waals surface area contributed by atoms with E-state index in [4.69, 9.17) is 0 Å². The first kappa shape index (κ1) is 16.6. The van der Waals surface area contributed by atoms with Crippen LogP contribution in [-0.4, -0.2) is 61.8 Å². The molecule has 22 heavy (non-hydrogen) atoms. The molecule has 6 nitrogen and oxygen atoms in total. The van der Waals surface area contributed by atoms with E-state index in [0.717, 1.165) is 10.9 Å². The van der Waals surface area contributed by atoms with E-state index in [9.17, 15) is 9.59 Å². The third-order valence-corrected chi connectivity index (χ3v) is 4.40. The number of carbonyl (C=O) groups excluding carboxylic acids is 2. The first-order valence-corrected chi connectivity index (χ1v) is 8.00. The van der Waals surface area contributed by atoms with Crippen molar-refractivity contribution in [1.29, 1.82) is 0 Å². The fourth-order valence-corrected chi connectivity index (χ4v) is 2.82. The van der Waals surface area contributed by atoms with Gasteiger partial charge in [-0.3, -0.25) is 0 Å². The van der Waals surface area contributed by atoms with Crippen molar-refractivity contribution >= 4 is 28.1 Å². The van der Waals surface area contributed by atoms with Crippen molar-refractivity contribution in [3.63, 3.8) is 0 Å². The number of amides is 3. The topological polar surface area (TPSA) is 61.9 Å². The number of hydrogen-bond donors (Lipinski definition) is 1. The molecule has 0 radical (unpaired) electrons. The summed E-state index contributed by atoms with van der Waals surface area (Å²) in [4.78, 5) is 26.8. The second kappa shape index (κ2) is 8.03. The second-order valence-electron chi connectivity index (χ2n) is 5.02. The summed E-state index contributed by atoms with van der Waals surface area (Å²) in [6, 6.07) is 7.88. The SMILES string of the molecule is COC(=O)N1CCN(C(=O)NCCc2ccccc2Br)CC1. The van der Waals surface area contributed by atoms with Crippen molar-refractivity contribution in [2.75, 3.05) is 39.8 Å². The van der Waals surface area contributed by atoms with Crippen LogP contribution in [0.4, 0.5) is 9.59 Å². The van der Waals surface area contributed by atoms with Crippen LogP contribution in [-0.2, 0) is 11.2 Å². The first-order valence-electron chi connectivity index (χ1n) is 7.21. The van der Waals surface area contributed by atoms with Gasteiger partial charge < -0.3 is 19.9 Å². The van der Waals surface area contributed by atoms with E-state index in [0.29, 0.717) is 32.7 Å². The van der Waals surface area contributed by atoms with E-state index in [-0.39, 0.29) is 12.1 Å². The van der Waals surface area contributed by atoms with Crippen molar-refractivity contribution < 1.29 is 14.3 Å². The maximum Gasteiger partial charge on any atom is 0.409 e. The van der Waals surface area contributed by atoms with Crippen LogP contribution in [0.1, 0.15) is 5.56 Å². The maximum absolute atomic E-state index is 12.1. The summed E-state index contributed by atoms with van der Waals surface area (Å²) >= 11 is 3.49. The maximum atomic E-state index is 12.1. The van der Waals surface area contributed by atoms with Crippen molar-refractivity contribution in [2.45, 2.75) is 6.42 Å². The minimum atomic E-state index is -0.339. The number of urea groups is 1. The fraction of sp³-hybridized carbons (Fsp3) is 0.467. The Hall–Kier alpha value is -1.76. The molecule has 120 valence electrons. The van der Waals surface area contributed by atoms with Gasteiger partial charge in [0, 0.05) is 37.2 Å². The Morgan fingerprint density at radius 3 is 2.45 bits per heavy atom. The number of rotatable bonds is 3. The number of methoxy groups -OCH3 is 1. The molecule has 1 N–H and O–H groups in total. The Bertz CT molecular complexity index is 531. The number of halogens is 1. The molecule has 1 fully saturated rings. The largest absolute Gasteiger partial charge is 0.453 e. The lowest BCUT2D eigenvalue weighted by atomic mass is 10.1. The van der Waals surface area contributed by atoms with E-state index < -0.39 is 0 Å². The second-order valence-corrected chi connectivity index (χ2v) is 5.87. The van der Waals surface area contributed by atoms with Crippen molar-refractivity contribution in [1.82, 2.24) is 15.1 Å². The molecule has 0 unspecified atom stereocenters. The van der Waals surface area contributed by atoms with Crippen molar-refractivity contribution in [3.8, 4) is 0 Å². The summed E-state index contributed by atoms with van der Waals surface area (Å²) in [5, 5.41) is 2.92. The number of hydrogen-bond acceptors (Lipinski definition) is 3. The van der Waals surface area contributed by atoms with E-state index >= 15 is 0 Å². The lowest BCUT2D eigenvalue weighted by Gasteiger charge is -2.33. The Kier molecular flexibility index (Phi) is 6.06. The molecule has 2 rings (SSSR count). The molecule has 0 bridgehead atoms. The van der Waals surface area contributed by atoms with E-state index in [2.05, 4.69) is 26.0 Å². The number of benzene rings is 1. The molecule has 1 saturated heterocycles. The molecule has 1 aromatic carbocycles. The quantitative estimate of drug-likeness (QED) is 0.886. The third kappa shape index (κ3) is 4.37. The lowest BCUT2D eigenvalue weighted by molar-refractivity contribution is 0.0971. The minimum Gasteiger partial charge on any atom is -0.453 e. The molecule has 0 aromatic heterocycles. The zero-order chi connectivity index (χ0) is 15.9. The van der Waals surface area contributed by atoms with Crippen LogP contribution in [0, 0.1) is 0 Å². The van der Waals surface area contributed by atoms with Crippen LogP contribution in [0.2, 0.25) is 0 Å². The zero-order valence-corrected chi connectivity index (χ0v) is 14.1. The van der Waals surface area contributed by atoms with Crippen molar-refractivity contribution in [3.05, 3.63) is 34.3 Å². The highest BCUT2D eigenvalue weighted by Gasteiger charge is 2.24.